The van der Waals surface area contributed by atoms with Crippen molar-refractivity contribution in [3.63, 3.8) is 0 Å². The van der Waals surface area contributed by atoms with Crippen LogP contribution in [0.25, 0.3) is 0 Å². The van der Waals surface area contributed by atoms with Crippen LogP contribution in [-0.4, -0.2) is 0 Å². The van der Waals surface area contributed by atoms with Crippen LogP contribution < -0.4 is 10.6 Å². The summed E-state index contributed by atoms with van der Waals surface area (Å²) in [6.45, 7) is 4.09. The Kier molecular flexibility index (Phi) is 4.79. The molecule has 2 aromatic carbocycles. The third-order valence-corrected chi connectivity index (χ3v) is 5.93. The van der Waals surface area contributed by atoms with Gasteiger partial charge in [-0.05, 0) is 18.9 Å². The third kappa shape index (κ3) is 3.20. The summed E-state index contributed by atoms with van der Waals surface area (Å²) in [6.07, 6.45) is 0.917. The Labute approximate surface area is 121 Å². The fraction of sp³-hybridized carbons (Fsp3) is 0.167. The van der Waals surface area contributed by atoms with E-state index in [1.807, 2.05) is 67.6 Å². The minimum atomic E-state index is -2.75. The summed E-state index contributed by atoms with van der Waals surface area (Å²) in [7, 11) is -2.75. The molecular weight excluding hydrogens is 263 g/mol. The van der Waals surface area contributed by atoms with Crippen molar-refractivity contribution in [1.82, 2.24) is 0 Å². The predicted molar refractivity (Wildman–Crippen MR) is 87.3 cm³/mol. The minimum absolute atomic E-state index is 0.850. The minimum Gasteiger partial charge on any atom is -0.309 e. The fourth-order valence-electron chi connectivity index (χ4n) is 1.90. The van der Waals surface area contributed by atoms with Crippen molar-refractivity contribution >= 4 is 17.8 Å². The van der Waals surface area contributed by atoms with Crippen LogP contribution >= 0.6 is 7.14 Å². The number of allylic oxidation sites excluding steroid dienone is 1. The Bertz CT molecular complexity index is 622. The van der Waals surface area contributed by atoms with E-state index >= 15 is 0 Å². The molecule has 0 amide bonds. The Morgan fingerprint density at radius 3 is 1.85 bits per heavy atom. The second-order valence-electron chi connectivity index (χ2n) is 4.74. The maximum absolute atomic E-state index is 13.5. The molecule has 2 aromatic rings. The number of hydrogen-bond acceptors (Lipinski definition) is 1. The van der Waals surface area contributed by atoms with E-state index in [1.165, 1.54) is 0 Å². The van der Waals surface area contributed by atoms with Gasteiger partial charge in [0.25, 0.3) is 0 Å². The highest BCUT2D eigenvalue weighted by Gasteiger charge is 2.23. The van der Waals surface area contributed by atoms with Crippen LogP contribution in [0.3, 0.4) is 0 Å². The van der Waals surface area contributed by atoms with Gasteiger partial charge in [0.05, 0.1) is 0 Å². The van der Waals surface area contributed by atoms with Crippen LogP contribution in [0.2, 0.25) is 0 Å². The van der Waals surface area contributed by atoms with E-state index in [0.29, 0.717) is 0 Å². The van der Waals surface area contributed by atoms with Crippen LogP contribution in [0, 0.1) is 0 Å². The molecule has 0 atom stereocenters. The van der Waals surface area contributed by atoms with Crippen molar-refractivity contribution in [3.8, 4) is 0 Å². The van der Waals surface area contributed by atoms with Crippen molar-refractivity contribution in [2.75, 3.05) is 0 Å². The molecule has 0 N–H and O–H groups in total. The van der Waals surface area contributed by atoms with Gasteiger partial charge in [-0.1, -0.05) is 67.6 Å². The maximum atomic E-state index is 13.5. The lowest BCUT2D eigenvalue weighted by Crippen LogP contribution is -2.13. The monoisotopic (exact) mass is 282 g/mol. The lowest BCUT2D eigenvalue weighted by Gasteiger charge is -2.14. The first-order valence-electron chi connectivity index (χ1n) is 6.81. The normalized spacial score (nSPS) is 10.7. The van der Waals surface area contributed by atoms with E-state index in [1.54, 1.807) is 5.82 Å². The molecular formula is C18H19OP. The first kappa shape index (κ1) is 14.6. The standard InChI is InChI=1S/C18H19OP/c1-3-16(2)14-15-20(19,17-10-6-4-7-11-17)18-12-8-5-9-13-18/h4-13,15H,3H2,1-2H3. The molecule has 0 aliphatic carbocycles. The predicted octanol–water partition coefficient (Wildman–Crippen LogP) is 4.47. The molecule has 0 fully saturated rings. The van der Waals surface area contributed by atoms with Crippen LogP contribution in [0.1, 0.15) is 20.3 Å². The summed E-state index contributed by atoms with van der Waals surface area (Å²) in [6, 6.07) is 19.3. The summed E-state index contributed by atoms with van der Waals surface area (Å²) >= 11 is 0. The molecule has 0 radical (unpaired) electrons. The molecule has 2 rings (SSSR count). The van der Waals surface area contributed by atoms with Gasteiger partial charge in [-0.3, -0.25) is 0 Å². The average molecular weight is 282 g/mol. The number of rotatable bonds is 4. The van der Waals surface area contributed by atoms with E-state index < -0.39 is 7.14 Å². The molecule has 0 saturated carbocycles. The summed E-state index contributed by atoms with van der Waals surface area (Å²) < 4.78 is 13.5. The Hall–Kier alpha value is -1.81. The molecule has 20 heavy (non-hydrogen) atoms. The zero-order valence-corrected chi connectivity index (χ0v) is 12.8. The molecule has 2 heteroatoms. The van der Waals surface area contributed by atoms with Crippen molar-refractivity contribution in [1.29, 1.82) is 0 Å². The topological polar surface area (TPSA) is 17.1 Å². The second kappa shape index (κ2) is 6.57. The van der Waals surface area contributed by atoms with Crippen molar-refractivity contribution in [3.05, 3.63) is 77.8 Å². The van der Waals surface area contributed by atoms with Crippen molar-refractivity contribution in [2.45, 2.75) is 20.3 Å². The largest absolute Gasteiger partial charge is 0.309 e. The lowest BCUT2D eigenvalue weighted by molar-refractivity contribution is 0.592. The molecule has 0 saturated heterocycles. The van der Waals surface area contributed by atoms with Crippen LogP contribution in [0.4, 0.5) is 0 Å². The van der Waals surface area contributed by atoms with Gasteiger partial charge in [0.2, 0.25) is 0 Å². The quantitative estimate of drug-likeness (QED) is 0.597. The van der Waals surface area contributed by atoms with Gasteiger partial charge < -0.3 is 4.57 Å². The zero-order chi connectivity index (χ0) is 14.4. The average Bonchev–Trinajstić information content (AvgIpc) is 2.54. The van der Waals surface area contributed by atoms with E-state index in [9.17, 15) is 4.57 Å². The van der Waals surface area contributed by atoms with Gasteiger partial charge in [0.15, 0.2) is 7.14 Å². The smallest absolute Gasteiger partial charge is 0.171 e. The lowest BCUT2D eigenvalue weighted by atomic mass is 10.3. The Morgan fingerprint density at radius 2 is 1.45 bits per heavy atom. The van der Waals surface area contributed by atoms with Gasteiger partial charge in [0.1, 0.15) is 0 Å². The van der Waals surface area contributed by atoms with Crippen LogP contribution in [-0.2, 0) is 4.57 Å². The first-order chi connectivity index (χ1) is 9.66. The summed E-state index contributed by atoms with van der Waals surface area (Å²) in [5, 5.41) is 1.70. The highest BCUT2D eigenvalue weighted by atomic mass is 31.2. The molecule has 0 bridgehead atoms. The molecule has 102 valence electrons. The van der Waals surface area contributed by atoms with Crippen LogP contribution in [0.5, 0.6) is 0 Å². The summed E-state index contributed by atoms with van der Waals surface area (Å²) in [4.78, 5) is 0. The molecule has 0 aliphatic rings. The molecule has 0 heterocycles. The Morgan fingerprint density at radius 1 is 1.00 bits per heavy atom. The summed E-state index contributed by atoms with van der Waals surface area (Å²) in [5.74, 6) is 1.76. The Balaban J connectivity index is 2.62. The first-order valence-corrected chi connectivity index (χ1v) is 8.58. The third-order valence-electron chi connectivity index (χ3n) is 3.30. The van der Waals surface area contributed by atoms with Crippen molar-refractivity contribution < 1.29 is 4.57 Å². The van der Waals surface area contributed by atoms with Gasteiger partial charge in [-0.2, -0.15) is 0 Å². The second-order valence-corrected chi connectivity index (χ2v) is 7.34. The van der Waals surface area contributed by atoms with Crippen molar-refractivity contribution in [2.24, 2.45) is 0 Å². The van der Waals surface area contributed by atoms with Gasteiger partial charge in [-0.15, -0.1) is 5.73 Å². The molecule has 1 nitrogen and oxygen atoms in total. The molecule has 0 unspecified atom stereocenters. The highest BCUT2D eigenvalue weighted by molar-refractivity contribution is 7.81. The van der Waals surface area contributed by atoms with E-state index in [2.05, 4.69) is 12.7 Å². The van der Waals surface area contributed by atoms with Crippen LogP contribution in [0.15, 0.2) is 77.8 Å². The van der Waals surface area contributed by atoms with Gasteiger partial charge in [0, 0.05) is 16.4 Å². The maximum Gasteiger partial charge on any atom is 0.171 e. The molecule has 0 aromatic heterocycles. The van der Waals surface area contributed by atoms with E-state index in [4.69, 9.17) is 0 Å². The number of hydrogen-bond donors (Lipinski definition) is 0. The fourth-order valence-corrected chi connectivity index (χ4v) is 4.13. The van der Waals surface area contributed by atoms with E-state index in [-0.39, 0.29) is 0 Å². The highest BCUT2D eigenvalue weighted by Crippen LogP contribution is 2.44. The number of benzene rings is 2. The van der Waals surface area contributed by atoms with Gasteiger partial charge in [-0.25, -0.2) is 0 Å². The summed E-state index contributed by atoms with van der Waals surface area (Å²) in [5.41, 5.74) is 4.31. The van der Waals surface area contributed by atoms with Gasteiger partial charge >= 0.3 is 0 Å². The SMILES string of the molecule is CCC(C)=C=CP(=O)(c1ccccc1)c1ccccc1. The van der Waals surface area contributed by atoms with E-state index in [0.717, 1.165) is 22.6 Å². The molecule has 0 spiro atoms. The zero-order valence-electron chi connectivity index (χ0n) is 11.9. The molecule has 0 aliphatic heterocycles.